The van der Waals surface area contributed by atoms with E-state index in [-0.39, 0.29) is 11.8 Å². The SMILES string of the molecule is CC(N)COc1cnc(-c2ccccc2O)nc1. The van der Waals surface area contributed by atoms with Gasteiger partial charge in [-0.2, -0.15) is 0 Å². The predicted octanol–water partition coefficient (Wildman–Crippen LogP) is 1.58. The smallest absolute Gasteiger partial charge is 0.163 e. The van der Waals surface area contributed by atoms with Gasteiger partial charge >= 0.3 is 0 Å². The van der Waals surface area contributed by atoms with Crippen molar-refractivity contribution in [3.63, 3.8) is 0 Å². The summed E-state index contributed by atoms with van der Waals surface area (Å²) in [6, 6.07) is 6.88. The molecule has 0 aliphatic rings. The highest BCUT2D eigenvalue weighted by atomic mass is 16.5. The molecule has 0 aliphatic heterocycles. The molecule has 0 fully saturated rings. The first-order chi connectivity index (χ1) is 8.66. The van der Waals surface area contributed by atoms with E-state index in [9.17, 15) is 5.11 Å². The maximum atomic E-state index is 9.68. The van der Waals surface area contributed by atoms with Gasteiger partial charge in [0.15, 0.2) is 11.6 Å². The van der Waals surface area contributed by atoms with E-state index in [0.717, 1.165) is 0 Å². The molecule has 1 heterocycles. The number of ether oxygens (including phenoxy) is 1. The fourth-order valence-corrected chi connectivity index (χ4v) is 1.42. The molecule has 0 aliphatic carbocycles. The Morgan fingerprint density at radius 1 is 1.28 bits per heavy atom. The van der Waals surface area contributed by atoms with Crippen molar-refractivity contribution in [2.75, 3.05) is 6.61 Å². The summed E-state index contributed by atoms with van der Waals surface area (Å²) >= 11 is 0. The zero-order valence-corrected chi connectivity index (χ0v) is 10.1. The lowest BCUT2D eigenvalue weighted by Crippen LogP contribution is -2.23. The molecule has 5 heteroatoms. The van der Waals surface area contributed by atoms with Crippen LogP contribution >= 0.6 is 0 Å². The maximum Gasteiger partial charge on any atom is 0.163 e. The maximum absolute atomic E-state index is 9.68. The quantitative estimate of drug-likeness (QED) is 0.854. The highest BCUT2D eigenvalue weighted by Gasteiger charge is 2.06. The molecule has 5 nitrogen and oxygen atoms in total. The lowest BCUT2D eigenvalue weighted by atomic mass is 10.2. The molecule has 3 N–H and O–H groups in total. The number of phenols is 1. The first kappa shape index (κ1) is 12.3. The molecule has 0 amide bonds. The molecule has 2 rings (SSSR count). The number of phenolic OH excluding ortho intramolecular Hbond substituents is 1. The fourth-order valence-electron chi connectivity index (χ4n) is 1.42. The average Bonchev–Trinajstić information content (AvgIpc) is 2.38. The van der Waals surface area contributed by atoms with Crippen LogP contribution in [0.2, 0.25) is 0 Å². The summed E-state index contributed by atoms with van der Waals surface area (Å²) in [6.45, 7) is 2.27. The normalized spacial score (nSPS) is 12.1. The van der Waals surface area contributed by atoms with Gasteiger partial charge in [-0.05, 0) is 19.1 Å². The van der Waals surface area contributed by atoms with Crippen molar-refractivity contribution in [2.45, 2.75) is 13.0 Å². The van der Waals surface area contributed by atoms with Gasteiger partial charge in [-0.1, -0.05) is 12.1 Å². The van der Waals surface area contributed by atoms with Crippen molar-refractivity contribution in [3.05, 3.63) is 36.7 Å². The number of para-hydroxylation sites is 1. The largest absolute Gasteiger partial charge is 0.507 e. The Kier molecular flexibility index (Phi) is 3.74. The lowest BCUT2D eigenvalue weighted by molar-refractivity contribution is 0.294. The molecule has 0 spiro atoms. The number of aromatic nitrogens is 2. The third-order valence-corrected chi connectivity index (χ3v) is 2.29. The van der Waals surface area contributed by atoms with Crippen LogP contribution in [0.15, 0.2) is 36.7 Å². The van der Waals surface area contributed by atoms with Gasteiger partial charge in [0.2, 0.25) is 0 Å². The average molecular weight is 245 g/mol. The van der Waals surface area contributed by atoms with E-state index < -0.39 is 0 Å². The number of rotatable bonds is 4. The zero-order chi connectivity index (χ0) is 13.0. The third-order valence-electron chi connectivity index (χ3n) is 2.29. The van der Waals surface area contributed by atoms with Gasteiger partial charge in [0.1, 0.15) is 12.4 Å². The fraction of sp³-hybridized carbons (Fsp3) is 0.231. The van der Waals surface area contributed by atoms with Crippen molar-refractivity contribution < 1.29 is 9.84 Å². The molecular weight excluding hydrogens is 230 g/mol. The number of nitrogens with zero attached hydrogens (tertiary/aromatic N) is 2. The number of hydrogen-bond acceptors (Lipinski definition) is 5. The molecule has 1 atom stereocenters. The van der Waals surface area contributed by atoms with Crippen LogP contribution in [-0.4, -0.2) is 27.7 Å². The molecule has 0 bridgehead atoms. The van der Waals surface area contributed by atoms with Crippen LogP contribution in [0, 0.1) is 0 Å². The second-order valence-electron chi connectivity index (χ2n) is 4.05. The van der Waals surface area contributed by atoms with Crippen molar-refractivity contribution in [2.24, 2.45) is 5.73 Å². The molecule has 1 aromatic carbocycles. The molecule has 0 saturated heterocycles. The van der Waals surface area contributed by atoms with Crippen molar-refractivity contribution in [3.8, 4) is 22.9 Å². The van der Waals surface area contributed by atoms with Gasteiger partial charge in [-0.15, -0.1) is 0 Å². The topological polar surface area (TPSA) is 81.3 Å². The van der Waals surface area contributed by atoms with Crippen molar-refractivity contribution in [1.82, 2.24) is 9.97 Å². The predicted molar refractivity (Wildman–Crippen MR) is 68.3 cm³/mol. The van der Waals surface area contributed by atoms with E-state index >= 15 is 0 Å². The standard InChI is InChI=1S/C13H15N3O2/c1-9(14)8-18-10-6-15-13(16-7-10)11-4-2-3-5-12(11)17/h2-7,9,17H,8,14H2,1H3. The van der Waals surface area contributed by atoms with Gasteiger partial charge in [0.05, 0.1) is 18.0 Å². The van der Waals surface area contributed by atoms with E-state index in [4.69, 9.17) is 10.5 Å². The molecule has 94 valence electrons. The van der Waals surface area contributed by atoms with E-state index in [0.29, 0.717) is 23.7 Å². The van der Waals surface area contributed by atoms with Crippen LogP contribution in [0.3, 0.4) is 0 Å². The van der Waals surface area contributed by atoms with E-state index in [2.05, 4.69) is 9.97 Å². The van der Waals surface area contributed by atoms with E-state index in [1.54, 1.807) is 30.6 Å². The minimum absolute atomic E-state index is 0.0390. The van der Waals surface area contributed by atoms with Gasteiger partial charge in [0, 0.05) is 6.04 Å². The Balaban J connectivity index is 2.15. The summed E-state index contributed by atoms with van der Waals surface area (Å²) in [6.07, 6.45) is 3.13. The molecular formula is C13H15N3O2. The number of benzene rings is 1. The minimum Gasteiger partial charge on any atom is -0.507 e. The van der Waals surface area contributed by atoms with Crippen molar-refractivity contribution in [1.29, 1.82) is 0 Å². The monoisotopic (exact) mass is 245 g/mol. The van der Waals surface area contributed by atoms with E-state index in [1.807, 2.05) is 13.0 Å². The van der Waals surface area contributed by atoms with Gasteiger partial charge < -0.3 is 15.6 Å². The zero-order valence-electron chi connectivity index (χ0n) is 10.1. The second kappa shape index (κ2) is 5.46. The van der Waals surface area contributed by atoms with E-state index in [1.165, 1.54) is 0 Å². The molecule has 1 aromatic heterocycles. The Labute approximate surface area is 105 Å². The molecule has 2 aromatic rings. The van der Waals surface area contributed by atoms with Gasteiger partial charge in [-0.3, -0.25) is 0 Å². The summed E-state index contributed by atoms with van der Waals surface area (Å²) in [4.78, 5) is 8.30. The third kappa shape index (κ3) is 2.95. The van der Waals surface area contributed by atoms with Crippen LogP contribution in [0.25, 0.3) is 11.4 Å². The number of aromatic hydroxyl groups is 1. The molecule has 18 heavy (non-hydrogen) atoms. The second-order valence-corrected chi connectivity index (χ2v) is 4.05. The van der Waals surface area contributed by atoms with Crippen LogP contribution in [-0.2, 0) is 0 Å². The summed E-state index contributed by atoms with van der Waals surface area (Å²) in [7, 11) is 0. The first-order valence-electron chi connectivity index (χ1n) is 5.65. The summed E-state index contributed by atoms with van der Waals surface area (Å²) in [5.41, 5.74) is 6.18. The van der Waals surface area contributed by atoms with Crippen molar-refractivity contribution >= 4 is 0 Å². The number of nitrogens with two attached hydrogens (primary N) is 1. The van der Waals surface area contributed by atoms with Crippen LogP contribution in [0.1, 0.15) is 6.92 Å². The van der Waals surface area contributed by atoms with Crippen LogP contribution < -0.4 is 10.5 Å². The highest BCUT2D eigenvalue weighted by Crippen LogP contribution is 2.25. The van der Waals surface area contributed by atoms with Crippen LogP contribution in [0.4, 0.5) is 0 Å². The minimum atomic E-state index is -0.0390. The Morgan fingerprint density at radius 3 is 2.56 bits per heavy atom. The van der Waals surface area contributed by atoms with Gasteiger partial charge in [-0.25, -0.2) is 9.97 Å². The lowest BCUT2D eigenvalue weighted by Gasteiger charge is -2.08. The summed E-state index contributed by atoms with van der Waals surface area (Å²) in [5.74, 6) is 1.18. The summed E-state index contributed by atoms with van der Waals surface area (Å²) in [5, 5.41) is 9.68. The molecule has 0 radical (unpaired) electrons. The first-order valence-corrected chi connectivity index (χ1v) is 5.65. The highest BCUT2D eigenvalue weighted by molar-refractivity contribution is 5.63. The molecule has 1 unspecified atom stereocenters. The van der Waals surface area contributed by atoms with Gasteiger partial charge in [0.25, 0.3) is 0 Å². The van der Waals surface area contributed by atoms with Crippen LogP contribution in [0.5, 0.6) is 11.5 Å². The Morgan fingerprint density at radius 2 is 1.94 bits per heavy atom. The number of hydrogen-bond donors (Lipinski definition) is 2. The Bertz CT molecular complexity index is 512. The summed E-state index contributed by atoms with van der Waals surface area (Å²) < 4.78 is 5.38. The molecule has 0 saturated carbocycles. The Hall–Kier alpha value is -2.14.